The summed E-state index contributed by atoms with van der Waals surface area (Å²) >= 11 is 0. The summed E-state index contributed by atoms with van der Waals surface area (Å²) < 4.78 is 5.14. The Balaban J connectivity index is 2.20. The Bertz CT molecular complexity index is 635. The van der Waals surface area contributed by atoms with Crippen molar-refractivity contribution in [1.29, 1.82) is 0 Å². The molecule has 0 spiro atoms. The standard InChI is InChI=1S/C17H19NO3/c1-11-15(17(19)20)5-4-6-16(11)18-12(2)13-7-9-14(21-3)10-8-13/h4-10,12,18H,1-3H3,(H,19,20). The molecule has 0 radical (unpaired) electrons. The highest BCUT2D eigenvalue weighted by Gasteiger charge is 2.12. The number of carbonyl (C=O) groups is 1. The van der Waals surface area contributed by atoms with Gasteiger partial charge in [-0.25, -0.2) is 4.79 Å². The maximum Gasteiger partial charge on any atom is 0.336 e. The average molecular weight is 285 g/mol. The molecule has 0 heterocycles. The van der Waals surface area contributed by atoms with Crippen LogP contribution in [0.15, 0.2) is 42.5 Å². The van der Waals surface area contributed by atoms with Crippen LogP contribution in [0.5, 0.6) is 5.75 Å². The lowest BCUT2D eigenvalue weighted by atomic mass is 10.0. The van der Waals surface area contributed by atoms with Gasteiger partial charge in [-0.05, 0) is 49.2 Å². The largest absolute Gasteiger partial charge is 0.497 e. The van der Waals surface area contributed by atoms with Gasteiger partial charge in [0.1, 0.15) is 5.75 Å². The minimum Gasteiger partial charge on any atom is -0.497 e. The minimum atomic E-state index is -0.909. The van der Waals surface area contributed by atoms with E-state index >= 15 is 0 Å². The summed E-state index contributed by atoms with van der Waals surface area (Å²) in [6.45, 7) is 3.85. The SMILES string of the molecule is COc1ccc(C(C)Nc2cccc(C(=O)O)c2C)cc1. The number of anilines is 1. The predicted octanol–water partition coefficient (Wildman–Crippen LogP) is 3.87. The monoisotopic (exact) mass is 285 g/mol. The lowest BCUT2D eigenvalue weighted by Gasteiger charge is -2.18. The number of ether oxygens (including phenoxy) is 1. The summed E-state index contributed by atoms with van der Waals surface area (Å²) in [5.74, 6) is -0.0942. The molecule has 0 fully saturated rings. The second kappa shape index (κ2) is 6.31. The number of aromatic carboxylic acids is 1. The number of rotatable bonds is 5. The van der Waals surface area contributed by atoms with Crippen LogP contribution in [-0.2, 0) is 0 Å². The highest BCUT2D eigenvalue weighted by Crippen LogP contribution is 2.25. The predicted molar refractivity (Wildman–Crippen MR) is 83.2 cm³/mol. The van der Waals surface area contributed by atoms with E-state index in [0.717, 1.165) is 22.6 Å². The summed E-state index contributed by atoms with van der Waals surface area (Å²) in [6.07, 6.45) is 0. The van der Waals surface area contributed by atoms with Crippen molar-refractivity contribution in [3.63, 3.8) is 0 Å². The number of hydrogen-bond acceptors (Lipinski definition) is 3. The fourth-order valence-corrected chi connectivity index (χ4v) is 2.23. The number of benzene rings is 2. The Kier molecular flexibility index (Phi) is 4.48. The first-order chi connectivity index (χ1) is 10.0. The van der Waals surface area contributed by atoms with Crippen LogP contribution in [-0.4, -0.2) is 18.2 Å². The van der Waals surface area contributed by atoms with E-state index < -0.39 is 5.97 Å². The van der Waals surface area contributed by atoms with Gasteiger partial charge in [-0.1, -0.05) is 18.2 Å². The van der Waals surface area contributed by atoms with Crippen LogP contribution in [0.1, 0.15) is 34.5 Å². The molecule has 110 valence electrons. The molecular weight excluding hydrogens is 266 g/mol. The molecule has 0 bridgehead atoms. The first kappa shape index (κ1) is 14.9. The molecule has 0 aliphatic carbocycles. The summed E-state index contributed by atoms with van der Waals surface area (Å²) in [5.41, 5.74) is 3.00. The number of methoxy groups -OCH3 is 1. The topological polar surface area (TPSA) is 58.6 Å². The molecule has 2 aromatic rings. The van der Waals surface area contributed by atoms with Crippen molar-refractivity contribution in [3.05, 3.63) is 59.2 Å². The Morgan fingerprint density at radius 1 is 1.19 bits per heavy atom. The van der Waals surface area contributed by atoms with Crippen molar-refractivity contribution in [1.82, 2.24) is 0 Å². The van der Waals surface area contributed by atoms with Crippen LogP contribution >= 0.6 is 0 Å². The summed E-state index contributed by atoms with van der Waals surface area (Å²) in [6, 6.07) is 13.1. The Morgan fingerprint density at radius 2 is 1.86 bits per heavy atom. The highest BCUT2D eigenvalue weighted by atomic mass is 16.5. The quantitative estimate of drug-likeness (QED) is 0.875. The van der Waals surface area contributed by atoms with Gasteiger partial charge in [0, 0.05) is 11.7 Å². The third-order valence-corrected chi connectivity index (χ3v) is 3.55. The molecule has 0 aliphatic rings. The van der Waals surface area contributed by atoms with Crippen molar-refractivity contribution < 1.29 is 14.6 Å². The number of hydrogen-bond donors (Lipinski definition) is 2. The van der Waals surface area contributed by atoms with E-state index in [-0.39, 0.29) is 6.04 Å². The highest BCUT2D eigenvalue weighted by molar-refractivity contribution is 5.91. The minimum absolute atomic E-state index is 0.0682. The molecule has 4 heteroatoms. The molecule has 0 aliphatic heterocycles. The maximum absolute atomic E-state index is 11.2. The van der Waals surface area contributed by atoms with Gasteiger partial charge in [0.05, 0.1) is 12.7 Å². The van der Waals surface area contributed by atoms with E-state index in [1.165, 1.54) is 0 Å². The number of carboxylic acid groups (broad SMARTS) is 1. The summed E-state index contributed by atoms with van der Waals surface area (Å²) in [4.78, 5) is 11.2. The Morgan fingerprint density at radius 3 is 2.43 bits per heavy atom. The lowest BCUT2D eigenvalue weighted by molar-refractivity contribution is 0.0696. The third-order valence-electron chi connectivity index (χ3n) is 3.55. The molecule has 21 heavy (non-hydrogen) atoms. The number of carboxylic acids is 1. The van der Waals surface area contributed by atoms with Gasteiger partial charge in [-0.15, -0.1) is 0 Å². The van der Waals surface area contributed by atoms with Crippen LogP contribution in [0.3, 0.4) is 0 Å². The Hall–Kier alpha value is -2.49. The smallest absolute Gasteiger partial charge is 0.336 e. The van der Waals surface area contributed by atoms with Crippen LogP contribution < -0.4 is 10.1 Å². The molecule has 2 rings (SSSR count). The number of nitrogens with one attached hydrogen (secondary N) is 1. The van der Waals surface area contributed by atoms with E-state index in [1.807, 2.05) is 44.2 Å². The zero-order chi connectivity index (χ0) is 15.4. The van der Waals surface area contributed by atoms with E-state index in [4.69, 9.17) is 9.84 Å². The van der Waals surface area contributed by atoms with E-state index in [1.54, 1.807) is 19.2 Å². The van der Waals surface area contributed by atoms with Crippen molar-refractivity contribution in [2.75, 3.05) is 12.4 Å². The van der Waals surface area contributed by atoms with Crippen molar-refractivity contribution in [2.45, 2.75) is 19.9 Å². The maximum atomic E-state index is 11.2. The van der Waals surface area contributed by atoms with Gasteiger partial charge in [0.25, 0.3) is 0 Å². The third kappa shape index (κ3) is 3.34. The van der Waals surface area contributed by atoms with E-state index in [9.17, 15) is 4.79 Å². The summed E-state index contributed by atoms with van der Waals surface area (Å²) in [7, 11) is 1.64. The zero-order valence-corrected chi connectivity index (χ0v) is 12.4. The zero-order valence-electron chi connectivity index (χ0n) is 12.4. The second-order valence-corrected chi connectivity index (χ2v) is 4.92. The van der Waals surface area contributed by atoms with E-state index in [0.29, 0.717) is 5.56 Å². The second-order valence-electron chi connectivity index (χ2n) is 4.92. The van der Waals surface area contributed by atoms with Gasteiger partial charge in [-0.2, -0.15) is 0 Å². The van der Waals surface area contributed by atoms with Crippen LogP contribution in [0.4, 0.5) is 5.69 Å². The molecule has 0 amide bonds. The first-order valence-corrected chi connectivity index (χ1v) is 6.76. The molecule has 0 aromatic heterocycles. The average Bonchev–Trinajstić information content (AvgIpc) is 2.49. The lowest BCUT2D eigenvalue weighted by Crippen LogP contribution is -2.09. The van der Waals surface area contributed by atoms with Crippen molar-refractivity contribution in [3.8, 4) is 5.75 Å². The fourth-order valence-electron chi connectivity index (χ4n) is 2.23. The molecule has 4 nitrogen and oxygen atoms in total. The fraction of sp³-hybridized carbons (Fsp3) is 0.235. The molecule has 1 unspecified atom stereocenters. The molecular formula is C17H19NO3. The van der Waals surface area contributed by atoms with Crippen LogP contribution in [0, 0.1) is 6.92 Å². The van der Waals surface area contributed by atoms with Crippen LogP contribution in [0.25, 0.3) is 0 Å². The van der Waals surface area contributed by atoms with E-state index in [2.05, 4.69) is 5.32 Å². The molecule has 0 saturated carbocycles. The van der Waals surface area contributed by atoms with Crippen LogP contribution in [0.2, 0.25) is 0 Å². The van der Waals surface area contributed by atoms with Crippen molar-refractivity contribution in [2.24, 2.45) is 0 Å². The summed E-state index contributed by atoms with van der Waals surface area (Å²) in [5, 5.41) is 12.5. The first-order valence-electron chi connectivity index (χ1n) is 6.76. The molecule has 0 saturated heterocycles. The van der Waals surface area contributed by atoms with Gasteiger partial charge in [0.15, 0.2) is 0 Å². The molecule has 2 aromatic carbocycles. The molecule has 1 atom stereocenters. The van der Waals surface area contributed by atoms with Gasteiger partial charge >= 0.3 is 5.97 Å². The van der Waals surface area contributed by atoms with Gasteiger partial charge < -0.3 is 15.2 Å². The van der Waals surface area contributed by atoms with Gasteiger partial charge in [-0.3, -0.25) is 0 Å². The normalized spacial score (nSPS) is 11.8. The molecule has 2 N–H and O–H groups in total. The van der Waals surface area contributed by atoms with Gasteiger partial charge in [0.2, 0.25) is 0 Å². The Labute approximate surface area is 124 Å². The van der Waals surface area contributed by atoms with Crippen molar-refractivity contribution >= 4 is 11.7 Å².